The summed E-state index contributed by atoms with van der Waals surface area (Å²) in [6.07, 6.45) is 5.44. The zero-order valence-electron chi connectivity index (χ0n) is 16.7. The maximum atomic E-state index is 6.25. The zero-order chi connectivity index (χ0) is 21.1. The first-order chi connectivity index (χ1) is 14.6. The topological polar surface area (TPSA) is 105 Å². The molecule has 0 radical (unpaired) electrons. The largest absolute Gasteiger partial charge is 0.624 e. The van der Waals surface area contributed by atoms with E-state index in [4.69, 9.17) is 16.6 Å². The van der Waals surface area contributed by atoms with E-state index in [-0.39, 0.29) is 0 Å². The van der Waals surface area contributed by atoms with Crippen LogP contribution in [0, 0.1) is 0 Å². The summed E-state index contributed by atoms with van der Waals surface area (Å²) in [6, 6.07) is 15.8. The Labute approximate surface area is 179 Å². The molecule has 0 atom stereocenters. The van der Waals surface area contributed by atoms with E-state index in [9.17, 15) is 0 Å². The number of fused-ring (bicyclic) bond motifs is 1. The van der Waals surface area contributed by atoms with Crippen LogP contribution in [-0.4, -0.2) is 15.0 Å². The van der Waals surface area contributed by atoms with Crippen LogP contribution in [0.25, 0.3) is 38.9 Å². The molecule has 6 nitrogen and oxygen atoms in total. The molecule has 0 aliphatic heterocycles. The highest BCUT2D eigenvalue weighted by Crippen LogP contribution is 2.39. The van der Waals surface area contributed by atoms with Gasteiger partial charge in [-0.15, -0.1) is 23.1 Å². The van der Waals surface area contributed by atoms with Gasteiger partial charge in [-0.3, -0.25) is 9.97 Å². The third-order valence-electron chi connectivity index (χ3n) is 4.67. The first-order valence-corrected chi connectivity index (χ1v) is 10.3. The van der Waals surface area contributed by atoms with Gasteiger partial charge in [0.05, 0.1) is 22.5 Å². The second-order valence-corrected chi connectivity index (χ2v) is 7.69. The molecule has 1 aromatic carbocycles. The van der Waals surface area contributed by atoms with Gasteiger partial charge in [0.15, 0.2) is 0 Å². The number of allylic oxidation sites excluding steroid dienone is 2. The average molecular weight is 414 g/mol. The van der Waals surface area contributed by atoms with Crippen LogP contribution in [0.15, 0.2) is 72.7 Å². The number of pyridine rings is 2. The molecule has 0 saturated carbocycles. The van der Waals surface area contributed by atoms with Crippen molar-refractivity contribution in [3.05, 3.63) is 93.7 Å². The van der Waals surface area contributed by atoms with Gasteiger partial charge in [0.2, 0.25) is 0 Å². The van der Waals surface area contributed by atoms with Crippen molar-refractivity contribution < 1.29 is 0 Å². The summed E-state index contributed by atoms with van der Waals surface area (Å²) < 4.78 is 0. The maximum Gasteiger partial charge on any atom is 0.128 e. The standard InChI is InChI=1S/C23H21N6S/c1-3-17(29-25)22-21(16-12-15-8-4-5-9-18(15)27-13-16)28-23(30-22)20(14(2)24)19-10-6-7-11-26-19/h3-13H,24-25H2,1-2H3/q-1. The summed E-state index contributed by atoms with van der Waals surface area (Å²) >= 11 is 1.49. The third kappa shape index (κ3) is 3.68. The zero-order valence-corrected chi connectivity index (χ0v) is 17.5. The van der Waals surface area contributed by atoms with E-state index in [0.717, 1.165) is 43.3 Å². The van der Waals surface area contributed by atoms with E-state index in [1.165, 1.54) is 11.3 Å². The summed E-state index contributed by atoms with van der Waals surface area (Å²) in [4.78, 5) is 14.9. The molecule has 150 valence electrons. The lowest BCUT2D eigenvalue weighted by Gasteiger charge is -2.18. The van der Waals surface area contributed by atoms with Crippen LogP contribution in [0.1, 0.15) is 29.4 Å². The second-order valence-electron chi connectivity index (χ2n) is 6.69. The first-order valence-electron chi connectivity index (χ1n) is 9.44. The Hall–Kier alpha value is -3.55. The summed E-state index contributed by atoms with van der Waals surface area (Å²) in [5, 5.41) is 1.80. The Morgan fingerprint density at radius 1 is 1.10 bits per heavy atom. The molecule has 0 saturated heterocycles. The number of benzene rings is 1. The molecule has 0 aliphatic carbocycles. The van der Waals surface area contributed by atoms with Gasteiger partial charge in [-0.2, -0.15) is 0 Å². The van der Waals surface area contributed by atoms with E-state index in [1.807, 2.05) is 68.6 Å². The highest BCUT2D eigenvalue weighted by Gasteiger charge is 2.19. The molecule has 4 N–H and O–H groups in total. The van der Waals surface area contributed by atoms with Crippen molar-refractivity contribution in [3.63, 3.8) is 0 Å². The number of para-hydroxylation sites is 1. The van der Waals surface area contributed by atoms with E-state index in [1.54, 1.807) is 6.20 Å². The van der Waals surface area contributed by atoms with E-state index < -0.39 is 0 Å². The Morgan fingerprint density at radius 2 is 1.90 bits per heavy atom. The highest BCUT2D eigenvalue weighted by atomic mass is 32.1. The summed E-state index contributed by atoms with van der Waals surface area (Å²) in [5.41, 5.74) is 15.7. The van der Waals surface area contributed by atoms with E-state index in [2.05, 4.69) is 21.5 Å². The minimum absolute atomic E-state index is 0.643. The van der Waals surface area contributed by atoms with Gasteiger partial charge >= 0.3 is 0 Å². The van der Waals surface area contributed by atoms with Gasteiger partial charge in [-0.25, -0.2) is 4.98 Å². The number of hydrogen-bond donors (Lipinski definition) is 2. The van der Waals surface area contributed by atoms with Crippen LogP contribution < -0.4 is 11.6 Å². The van der Waals surface area contributed by atoms with Crippen molar-refractivity contribution in [2.24, 2.45) is 11.6 Å². The van der Waals surface area contributed by atoms with Gasteiger partial charge in [0.1, 0.15) is 5.01 Å². The Morgan fingerprint density at radius 3 is 2.60 bits per heavy atom. The quantitative estimate of drug-likeness (QED) is 0.350. The fourth-order valence-electron chi connectivity index (χ4n) is 3.25. The smallest absolute Gasteiger partial charge is 0.128 e. The van der Waals surface area contributed by atoms with Gasteiger partial charge in [0.25, 0.3) is 0 Å². The van der Waals surface area contributed by atoms with Crippen LogP contribution in [-0.2, 0) is 0 Å². The molecule has 7 heteroatoms. The number of hydrogen-bond acceptors (Lipinski definition) is 6. The lowest BCUT2D eigenvalue weighted by molar-refractivity contribution is 1.21. The van der Waals surface area contributed by atoms with Gasteiger partial charge in [-0.1, -0.05) is 24.3 Å². The first kappa shape index (κ1) is 19.8. The molecule has 0 fully saturated rings. The second kappa shape index (κ2) is 8.44. The molecule has 0 unspecified atom stereocenters. The predicted molar refractivity (Wildman–Crippen MR) is 124 cm³/mol. The van der Waals surface area contributed by atoms with Crippen LogP contribution in [0.4, 0.5) is 0 Å². The molecule has 0 bridgehead atoms. The number of aromatic nitrogens is 3. The van der Waals surface area contributed by atoms with E-state index >= 15 is 0 Å². The average Bonchev–Trinajstić information content (AvgIpc) is 3.19. The van der Waals surface area contributed by atoms with Gasteiger partial charge < -0.3 is 17.0 Å². The van der Waals surface area contributed by atoms with Gasteiger partial charge in [-0.05, 0) is 38.1 Å². The van der Waals surface area contributed by atoms with Crippen molar-refractivity contribution in [2.45, 2.75) is 13.8 Å². The number of rotatable bonds is 5. The molecular weight excluding hydrogens is 392 g/mol. The molecule has 30 heavy (non-hydrogen) atoms. The summed E-state index contributed by atoms with van der Waals surface area (Å²) in [6.45, 7) is 3.75. The Kier molecular flexibility index (Phi) is 5.56. The summed E-state index contributed by atoms with van der Waals surface area (Å²) in [5.74, 6) is 5.68. The molecule has 3 heterocycles. The fraction of sp³-hybridized carbons (Fsp3) is 0.0870. The third-order valence-corrected chi connectivity index (χ3v) is 5.76. The highest BCUT2D eigenvalue weighted by molar-refractivity contribution is 7.14. The molecular formula is C23H21N6S-. The van der Waals surface area contributed by atoms with Crippen molar-refractivity contribution >= 4 is 33.5 Å². The molecule has 0 amide bonds. The molecule has 4 aromatic rings. The van der Waals surface area contributed by atoms with Crippen LogP contribution >= 0.6 is 11.3 Å². The van der Waals surface area contributed by atoms with Crippen molar-refractivity contribution in [1.82, 2.24) is 15.0 Å². The van der Waals surface area contributed by atoms with Gasteiger partial charge in [0, 0.05) is 33.9 Å². The minimum atomic E-state index is 0.643. The SMILES string of the molecule is CC=C([N-]N)c1sc(C(=C(C)N)c2ccccn2)nc1-c1cnc2ccccc2c1. The number of nitrogens with zero attached hydrogens (tertiary/aromatic N) is 4. The van der Waals surface area contributed by atoms with E-state index in [0.29, 0.717) is 11.4 Å². The molecule has 4 rings (SSSR count). The normalized spacial score (nSPS) is 12.7. The monoisotopic (exact) mass is 413 g/mol. The molecule has 3 aromatic heterocycles. The van der Waals surface area contributed by atoms with Crippen LogP contribution in [0.5, 0.6) is 0 Å². The lowest BCUT2D eigenvalue weighted by atomic mass is 10.1. The van der Waals surface area contributed by atoms with Crippen LogP contribution in [0.2, 0.25) is 0 Å². The van der Waals surface area contributed by atoms with Crippen molar-refractivity contribution in [3.8, 4) is 11.3 Å². The van der Waals surface area contributed by atoms with Crippen molar-refractivity contribution in [1.29, 1.82) is 0 Å². The van der Waals surface area contributed by atoms with Crippen molar-refractivity contribution in [2.75, 3.05) is 0 Å². The van der Waals surface area contributed by atoms with Crippen LogP contribution in [0.3, 0.4) is 0 Å². The Balaban J connectivity index is 1.94. The minimum Gasteiger partial charge on any atom is -0.624 e. The predicted octanol–water partition coefficient (Wildman–Crippen LogP) is 5.10. The summed E-state index contributed by atoms with van der Waals surface area (Å²) in [7, 11) is 0. The number of thiazole rings is 1. The Bertz CT molecular complexity index is 1250. The lowest BCUT2D eigenvalue weighted by Crippen LogP contribution is -2.01. The maximum absolute atomic E-state index is 6.25. The number of nitrogens with two attached hydrogens (primary N) is 2. The molecule has 0 spiro atoms. The fourth-order valence-corrected chi connectivity index (χ4v) is 4.49. The molecule has 0 aliphatic rings.